The molecular formula is C23H28FNO2. The average molecular weight is 369 g/mol. The Hall–Kier alpha value is -2.20. The minimum Gasteiger partial charge on any atom is -0.507 e. The number of phenolic OH excluding ortho intramolecular Hbond substituents is 1. The number of hydrogen-bond donors (Lipinski definition) is 1. The number of aromatic hydroxyl groups is 1. The van der Waals surface area contributed by atoms with Gasteiger partial charge in [-0.3, -0.25) is 4.99 Å². The first-order valence-electron chi connectivity index (χ1n) is 9.64. The van der Waals surface area contributed by atoms with E-state index in [4.69, 9.17) is 4.74 Å². The molecule has 1 fully saturated rings. The molecule has 0 spiro atoms. The predicted molar refractivity (Wildman–Crippen MR) is 107 cm³/mol. The van der Waals surface area contributed by atoms with Crippen molar-refractivity contribution in [3.8, 4) is 5.75 Å². The third-order valence-corrected chi connectivity index (χ3v) is 5.83. The largest absolute Gasteiger partial charge is 0.507 e. The fraction of sp³-hybridized carbons (Fsp3) is 0.435. The summed E-state index contributed by atoms with van der Waals surface area (Å²) in [4.78, 5) is 4.56. The molecule has 0 amide bonds. The van der Waals surface area contributed by atoms with Gasteiger partial charge in [-0.2, -0.15) is 0 Å². The van der Waals surface area contributed by atoms with Crippen LogP contribution in [0, 0.1) is 5.82 Å². The fourth-order valence-electron chi connectivity index (χ4n) is 4.02. The van der Waals surface area contributed by atoms with Gasteiger partial charge in [-0.15, -0.1) is 0 Å². The molecule has 3 nitrogen and oxygen atoms in total. The second-order valence-corrected chi connectivity index (χ2v) is 7.71. The van der Waals surface area contributed by atoms with Crippen LogP contribution in [0.5, 0.6) is 5.75 Å². The Morgan fingerprint density at radius 2 is 1.93 bits per heavy atom. The lowest BCUT2D eigenvalue weighted by Gasteiger charge is -2.46. The molecule has 2 aromatic carbocycles. The van der Waals surface area contributed by atoms with Gasteiger partial charge in [-0.1, -0.05) is 31.2 Å². The van der Waals surface area contributed by atoms with Crippen molar-refractivity contribution < 1.29 is 14.2 Å². The molecule has 1 aliphatic heterocycles. The highest BCUT2D eigenvalue weighted by molar-refractivity contribution is 5.83. The molecular weight excluding hydrogens is 341 g/mol. The van der Waals surface area contributed by atoms with Crippen LogP contribution in [-0.2, 0) is 10.2 Å². The maximum atomic E-state index is 13.5. The Kier molecular flexibility index (Phi) is 5.95. The molecule has 1 N–H and O–H groups in total. The molecule has 0 aliphatic carbocycles. The molecule has 0 radical (unpaired) electrons. The van der Waals surface area contributed by atoms with Crippen molar-refractivity contribution >= 4 is 6.21 Å². The maximum Gasteiger partial charge on any atom is 0.124 e. The summed E-state index contributed by atoms with van der Waals surface area (Å²) in [5.74, 6) is 0.0240. The van der Waals surface area contributed by atoms with Crippen molar-refractivity contribution in [3.05, 3.63) is 65.5 Å². The van der Waals surface area contributed by atoms with E-state index in [2.05, 4.69) is 18.8 Å². The number of phenols is 1. The van der Waals surface area contributed by atoms with Crippen LogP contribution in [0.15, 0.2) is 53.5 Å². The van der Waals surface area contributed by atoms with E-state index in [1.807, 2.05) is 24.3 Å². The van der Waals surface area contributed by atoms with E-state index in [1.54, 1.807) is 30.5 Å². The summed E-state index contributed by atoms with van der Waals surface area (Å²) in [5.41, 5.74) is 1.63. The van der Waals surface area contributed by atoms with Gasteiger partial charge in [-0.25, -0.2) is 4.39 Å². The Morgan fingerprint density at radius 3 is 2.63 bits per heavy atom. The summed E-state index contributed by atoms with van der Waals surface area (Å²) in [5, 5.41) is 9.87. The minimum atomic E-state index is -0.211. The molecule has 0 bridgehead atoms. The van der Waals surface area contributed by atoms with E-state index in [-0.39, 0.29) is 22.6 Å². The van der Waals surface area contributed by atoms with Crippen LogP contribution < -0.4 is 0 Å². The highest BCUT2D eigenvalue weighted by atomic mass is 19.1. The number of nitrogens with zero attached hydrogens (tertiary/aromatic N) is 1. The first kappa shape index (κ1) is 19.6. The van der Waals surface area contributed by atoms with Gasteiger partial charge in [0, 0.05) is 30.3 Å². The summed E-state index contributed by atoms with van der Waals surface area (Å²) < 4.78 is 19.5. The van der Waals surface area contributed by atoms with Gasteiger partial charge >= 0.3 is 0 Å². The molecule has 27 heavy (non-hydrogen) atoms. The number of hydrogen-bond acceptors (Lipinski definition) is 3. The second-order valence-electron chi connectivity index (χ2n) is 7.71. The predicted octanol–water partition coefficient (Wildman–Crippen LogP) is 5.26. The van der Waals surface area contributed by atoms with Gasteiger partial charge in [0.15, 0.2) is 0 Å². The third kappa shape index (κ3) is 4.56. The molecule has 1 saturated heterocycles. The zero-order valence-corrected chi connectivity index (χ0v) is 16.1. The number of benzene rings is 2. The lowest BCUT2D eigenvalue weighted by atomic mass is 9.66. The van der Waals surface area contributed by atoms with Crippen LogP contribution in [0.2, 0.25) is 0 Å². The summed E-state index contributed by atoms with van der Waals surface area (Å²) in [7, 11) is 0. The Bertz CT molecular complexity index is 789. The standard InChI is InChI=1S/C23H28FNO2/c1-3-22(2)17-23(13-15-27-22,19-8-10-20(24)11-9-19)12-14-25-16-18-6-4-5-7-21(18)26/h4-11,16,26H,3,12-15,17H2,1-2H3/t22-,23+/m1/s1. The molecule has 1 heterocycles. The summed E-state index contributed by atoms with van der Waals surface area (Å²) in [6, 6.07) is 14.1. The van der Waals surface area contributed by atoms with Crippen LogP contribution in [-0.4, -0.2) is 30.1 Å². The number of rotatable bonds is 6. The lowest BCUT2D eigenvalue weighted by Crippen LogP contribution is -2.45. The first-order chi connectivity index (χ1) is 13.0. The summed E-state index contributed by atoms with van der Waals surface area (Å²) in [6.07, 6.45) is 5.33. The van der Waals surface area contributed by atoms with Gasteiger partial charge in [0.1, 0.15) is 11.6 Å². The summed E-state index contributed by atoms with van der Waals surface area (Å²) in [6.45, 7) is 5.66. The minimum absolute atomic E-state index is 0.0766. The highest BCUT2D eigenvalue weighted by Crippen LogP contribution is 2.45. The Labute approximate surface area is 160 Å². The van der Waals surface area contributed by atoms with E-state index in [0.29, 0.717) is 13.2 Å². The van der Waals surface area contributed by atoms with Crippen molar-refractivity contribution in [2.24, 2.45) is 4.99 Å². The first-order valence-corrected chi connectivity index (χ1v) is 9.64. The third-order valence-electron chi connectivity index (χ3n) is 5.83. The molecule has 4 heteroatoms. The number of para-hydroxylation sites is 1. The normalized spacial score (nSPS) is 25.7. The fourth-order valence-corrected chi connectivity index (χ4v) is 4.02. The van der Waals surface area contributed by atoms with E-state index in [1.165, 1.54) is 0 Å². The van der Waals surface area contributed by atoms with Crippen LogP contribution >= 0.6 is 0 Å². The van der Waals surface area contributed by atoms with E-state index < -0.39 is 0 Å². The van der Waals surface area contributed by atoms with Crippen molar-refractivity contribution in [1.29, 1.82) is 0 Å². The van der Waals surface area contributed by atoms with E-state index in [0.717, 1.165) is 36.8 Å². The van der Waals surface area contributed by atoms with Crippen LogP contribution in [0.25, 0.3) is 0 Å². The van der Waals surface area contributed by atoms with Crippen LogP contribution in [0.1, 0.15) is 50.7 Å². The zero-order valence-electron chi connectivity index (χ0n) is 16.1. The van der Waals surface area contributed by atoms with Gasteiger partial charge in [0.25, 0.3) is 0 Å². The molecule has 2 aromatic rings. The van der Waals surface area contributed by atoms with Gasteiger partial charge < -0.3 is 9.84 Å². The van der Waals surface area contributed by atoms with Gasteiger partial charge in [-0.05, 0) is 62.4 Å². The van der Waals surface area contributed by atoms with E-state index >= 15 is 0 Å². The number of ether oxygens (including phenoxy) is 1. The van der Waals surface area contributed by atoms with Crippen molar-refractivity contribution in [2.45, 2.75) is 50.5 Å². The second kappa shape index (κ2) is 8.22. The number of halogens is 1. The Balaban J connectivity index is 1.80. The SMILES string of the molecule is CC[C@]1(C)C[C@@](CCN=Cc2ccccc2O)(c2ccc(F)cc2)CCO1. The zero-order chi connectivity index (χ0) is 19.3. The maximum absolute atomic E-state index is 13.5. The Morgan fingerprint density at radius 1 is 1.19 bits per heavy atom. The summed E-state index contributed by atoms with van der Waals surface area (Å²) >= 11 is 0. The van der Waals surface area contributed by atoms with Gasteiger partial charge in [0.2, 0.25) is 0 Å². The topological polar surface area (TPSA) is 41.8 Å². The van der Waals surface area contributed by atoms with Gasteiger partial charge in [0.05, 0.1) is 5.60 Å². The molecule has 2 atom stereocenters. The highest BCUT2D eigenvalue weighted by Gasteiger charge is 2.43. The molecule has 144 valence electrons. The molecule has 3 rings (SSSR count). The number of aliphatic imine (C=N–C) groups is 1. The van der Waals surface area contributed by atoms with Crippen molar-refractivity contribution in [3.63, 3.8) is 0 Å². The van der Waals surface area contributed by atoms with Crippen LogP contribution in [0.4, 0.5) is 4.39 Å². The van der Waals surface area contributed by atoms with Crippen molar-refractivity contribution in [2.75, 3.05) is 13.2 Å². The molecule has 1 aliphatic rings. The smallest absolute Gasteiger partial charge is 0.124 e. The van der Waals surface area contributed by atoms with E-state index in [9.17, 15) is 9.50 Å². The monoisotopic (exact) mass is 369 g/mol. The lowest BCUT2D eigenvalue weighted by molar-refractivity contribution is -0.0976. The van der Waals surface area contributed by atoms with Crippen molar-refractivity contribution in [1.82, 2.24) is 0 Å². The molecule has 0 saturated carbocycles. The quantitative estimate of drug-likeness (QED) is 0.706. The van der Waals surface area contributed by atoms with Crippen LogP contribution in [0.3, 0.4) is 0 Å². The molecule has 0 unspecified atom stereocenters. The molecule has 0 aromatic heterocycles. The average Bonchev–Trinajstić information content (AvgIpc) is 2.67.